The van der Waals surface area contributed by atoms with Crippen LogP contribution in [-0.4, -0.2) is 116 Å². The molecule has 0 saturated carbocycles. The van der Waals surface area contributed by atoms with Crippen molar-refractivity contribution in [2.24, 2.45) is 5.92 Å². The van der Waals surface area contributed by atoms with Crippen LogP contribution in [0.5, 0.6) is 0 Å². The van der Waals surface area contributed by atoms with Gasteiger partial charge in [-0.25, -0.2) is 0 Å². The molecule has 17 nitrogen and oxygen atoms in total. The summed E-state index contributed by atoms with van der Waals surface area (Å²) in [6.07, 6.45) is -10.5. The Hall–Kier alpha value is -3.35. The minimum absolute atomic E-state index is 0.427. The summed E-state index contributed by atoms with van der Waals surface area (Å²) >= 11 is 3.24. The molecule has 254 valence electrons. The molecule has 2 heterocycles. The first kappa shape index (κ1) is 37.8. The molecule has 45 heavy (non-hydrogen) atoms. The zero-order valence-electron chi connectivity index (χ0n) is 25.7. The normalized spacial score (nSPS) is 31.0. The van der Waals surface area contributed by atoms with E-state index in [0.717, 1.165) is 48.5 Å². The molecular formula is C27H37BrO17. The van der Waals surface area contributed by atoms with E-state index in [0.29, 0.717) is 0 Å². The predicted molar refractivity (Wildman–Crippen MR) is 147 cm³/mol. The topological polar surface area (TPSA) is 212 Å². The maximum atomic E-state index is 12.2. The van der Waals surface area contributed by atoms with Gasteiger partial charge in [0.15, 0.2) is 35.7 Å². The minimum atomic E-state index is -1.49. The fraction of sp³-hybridized carbons (Fsp3) is 0.741. The van der Waals surface area contributed by atoms with Gasteiger partial charge in [0, 0.05) is 48.5 Å². The number of carbonyl (C=O) groups is 7. The van der Waals surface area contributed by atoms with E-state index in [1.54, 1.807) is 0 Å². The summed E-state index contributed by atoms with van der Waals surface area (Å²) in [6.45, 7) is 6.47. The van der Waals surface area contributed by atoms with E-state index < -0.39 is 122 Å². The number of hydrogen-bond acceptors (Lipinski definition) is 17. The van der Waals surface area contributed by atoms with E-state index in [-0.39, 0.29) is 0 Å². The number of ether oxygens (including phenoxy) is 10. The molecule has 2 aliphatic rings. The van der Waals surface area contributed by atoms with Crippen molar-refractivity contribution in [3.05, 3.63) is 0 Å². The summed E-state index contributed by atoms with van der Waals surface area (Å²) in [5.74, 6) is -6.31. The second-order valence-corrected chi connectivity index (χ2v) is 10.9. The van der Waals surface area contributed by atoms with Crippen LogP contribution in [-0.2, 0) is 80.9 Å². The molecule has 0 amide bonds. The predicted octanol–water partition coefficient (Wildman–Crippen LogP) is 0.249. The third kappa shape index (κ3) is 11.8. The van der Waals surface area contributed by atoms with Crippen molar-refractivity contribution in [3.8, 4) is 0 Å². The summed E-state index contributed by atoms with van der Waals surface area (Å²) in [6, 6.07) is 0. The molecule has 0 aliphatic carbocycles. The Morgan fingerprint density at radius 3 is 1.42 bits per heavy atom. The van der Waals surface area contributed by atoms with Crippen LogP contribution in [0.2, 0.25) is 0 Å². The van der Waals surface area contributed by atoms with E-state index in [9.17, 15) is 33.6 Å². The van der Waals surface area contributed by atoms with E-state index in [1.807, 2.05) is 0 Å². The molecule has 0 aromatic rings. The molecule has 0 radical (unpaired) electrons. The number of carbonyl (C=O) groups excluding carboxylic acids is 7. The van der Waals surface area contributed by atoms with Crippen molar-refractivity contribution >= 4 is 57.7 Å². The summed E-state index contributed by atoms with van der Waals surface area (Å²) in [4.78, 5) is 83.3. The lowest BCUT2D eigenvalue weighted by molar-refractivity contribution is -0.310. The standard InChI is InChI=1S/C27H37BrO17/c1-11(29)36-8-18-21(39-13(3)31)19(9-37-12(2)30)45-27(22(18)40-14(4)32)38-10-20-23(41-15(5)33)24(42-16(6)34)25(26(28)44-20)43-17(7)35/h18-27H,8-10H2,1-7H3/t18-,19+,20+,21+,22+,23-,24-,25+,26+,27+/m0/s1. The van der Waals surface area contributed by atoms with Crippen molar-refractivity contribution in [3.63, 3.8) is 0 Å². The van der Waals surface area contributed by atoms with Gasteiger partial charge in [-0.2, -0.15) is 0 Å². The van der Waals surface area contributed by atoms with Gasteiger partial charge in [-0.15, -0.1) is 0 Å². The van der Waals surface area contributed by atoms with Crippen molar-refractivity contribution in [2.75, 3.05) is 19.8 Å². The molecule has 0 N–H and O–H groups in total. The van der Waals surface area contributed by atoms with Crippen LogP contribution in [0.3, 0.4) is 0 Å². The Kier molecular flexibility index (Phi) is 14.6. The molecule has 2 rings (SSSR count). The molecule has 18 heteroatoms. The molecular weight excluding hydrogens is 676 g/mol. The number of halogens is 1. The van der Waals surface area contributed by atoms with Crippen LogP contribution in [0.25, 0.3) is 0 Å². The van der Waals surface area contributed by atoms with Crippen molar-refractivity contribution < 1.29 is 80.9 Å². The van der Waals surface area contributed by atoms with Gasteiger partial charge in [0.1, 0.15) is 31.5 Å². The van der Waals surface area contributed by atoms with E-state index in [1.165, 1.54) is 0 Å². The van der Waals surface area contributed by atoms with E-state index in [4.69, 9.17) is 47.4 Å². The van der Waals surface area contributed by atoms with Crippen molar-refractivity contribution in [2.45, 2.75) is 102 Å². The molecule has 2 aliphatic heterocycles. The summed E-state index contributed by atoms with van der Waals surface area (Å²) in [5, 5.41) is -1.08. The highest BCUT2D eigenvalue weighted by Gasteiger charge is 2.54. The maximum Gasteiger partial charge on any atom is 0.303 e. The molecule has 2 saturated heterocycles. The van der Waals surface area contributed by atoms with Crippen LogP contribution in [0, 0.1) is 5.92 Å². The molecule has 0 aromatic heterocycles. The Bertz CT molecular complexity index is 1110. The van der Waals surface area contributed by atoms with Gasteiger partial charge in [0.25, 0.3) is 0 Å². The first-order chi connectivity index (χ1) is 21.0. The van der Waals surface area contributed by atoms with Crippen LogP contribution < -0.4 is 0 Å². The second kappa shape index (κ2) is 17.4. The van der Waals surface area contributed by atoms with Gasteiger partial charge >= 0.3 is 41.8 Å². The summed E-state index contributed by atoms with van der Waals surface area (Å²) < 4.78 is 55.1. The van der Waals surface area contributed by atoms with E-state index in [2.05, 4.69) is 15.9 Å². The van der Waals surface area contributed by atoms with E-state index >= 15 is 0 Å². The van der Waals surface area contributed by atoms with Crippen molar-refractivity contribution in [1.82, 2.24) is 0 Å². The minimum Gasteiger partial charge on any atom is -0.465 e. The number of alkyl halides is 1. The molecule has 0 unspecified atom stereocenters. The fourth-order valence-electron chi connectivity index (χ4n) is 4.72. The highest BCUT2D eigenvalue weighted by molar-refractivity contribution is 9.09. The second-order valence-electron chi connectivity index (χ2n) is 10.0. The molecule has 10 atom stereocenters. The smallest absolute Gasteiger partial charge is 0.303 e. The molecule has 0 bridgehead atoms. The zero-order valence-corrected chi connectivity index (χ0v) is 27.3. The third-order valence-electron chi connectivity index (χ3n) is 6.23. The first-order valence-electron chi connectivity index (χ1n) is 13.7. The largest absolute Gasteiger partial charge is 0.465 e. The van der Waals surface area contributed by atoms with Crippen LogP contribution in [0.1, 0.15) is 48.5 Å². The van der Waals surface area contributed by atoms with Crippen LogP contribution in [0.4, 0.5) is 0 Å². The highest BCUT2D eigenvalue weighted by Crippen LogP contribution is 2.35. The number of hydrogen-bond donors (Lipinski definition) is 0. The summed E-state index contributed by atoms with van der Waals surface area (Å²) in [7, 11) is 0. The Morgan fingerprint density at radius 2 is 0.911 bits per heavy atom. The Balaban J connectivity index is 2.48. The highest BCUT2D eigenvalue weighted by atomic mass is 79.9. The lowest BCUT2D eigenvalue weighted by atomic mass is 9.89. The molecule has 0 spiro atoms. The molecule has 0 aromatic carbocycles. The maximum absolute atomic E-state index is 12.2. The molecule has 2 fully saturated rings. The zero-order chi connectivity index (χ0) is 34.0. The van der Waals surface area contributed by atoms with Crippen LogP contribution in [0.15, 0.2) is 0 Å². The fourth-order valence-corrected chi connectivity index (χ4v) is 5.40. The lowest BCUT2D eigenvalue weighted by Crippen LogP contribution is -2.62. The van der Waals surface area contributed by atoms with Gasteiger partial charge in [0.05, 0.1) is 12.5 Å². The average molecular weight is 713 g/mol. The average Bonchev–Trinajstić information content (AvgIpc) is 2.89. The number of rotatable bonds is 12. The quantitative estimate of drug-likeness (QED) is 0.151. The summed E-state index contributed by atoms with van der Waals surface area (Å²) in [5.41, 5.74) is 0. The Labute approximate surface area is 266 Å². The van der Waals surface area contributed by atoms with Crippen LogP contribution >= 0.6 is 15.9 Å². The lowest BCUT2D eigenvalue weighted by Gasteiger charge is -2.46. The number of esters is 7. The van der Waals surface area contributed by atoms with Crippen molar-refractivity contribution in [1.29, 1.82) is 0 Å². The van der Waals surface area contributed by atoms with Gasteiger partial charge in [0.2, 0.25) is 0 Å². The third-order valence-corrected chi connectivity index (χ3v) is 6.97. The van der Waals surface area contributed by atoms with Gasteiger partial charge < -0.3 is 47.4 Å². The van der Waals surface area contributed by atoms with Gasteiger partial charge in [-0.1, -0.05) is 15.9 Å². The Morgan fingerprint density at radius 1 is 0.489 bits per heavy atom. The monoisotopic (exact) mass is 712 g/mol. The SMILES string of the molecule is CC(=O)OC[C@H]1[C@@H](OC(C)=O)[C@@H](COC(C)=O)O[C@@H](OC[C@H]2O[C@@H](Br)[C@H](OC(C)=O)[C@@H](OC(C)=O)[C@H]2OC(C)=O)[C@@H]1OC(C)=O. The first-order valence-corrected chi connectivity index (χ1v) is 14.6. The van der Waals surface area contributed by atoms with Gasteiger partial charge in [-0.3, -0.25) is 33.6 Å². The van der Waals surface area contributed by atoms with Gasteiger partial charge in [-0.05, 0) is 0 Å².